The number of amides is 3. The molecule has 1 saturated heterocycles. The second kappa shape index (κ2) is 9.97. The SMILES string of the molecule is Cc1ccc2nc(-c3ccc(N4C(=O)CC(N(C(=O)Cc5ccc(Cl)cc5)C(C)(C)C)C4=O)cc3)sc2c1. The normalized spacial score (nSPS) is 15.9. The van der Waals surface area contributed by atoms with Crippen molar-refractivity contribution in [2.45, 2.75) is 52.1 Å². The molecule has 1 unspecified atom stereocenters. The lowest BCUT2D eigenvalue weighted by Gasteiger charge is -2.39. The zero-order chi connectivity index (χ0) is 27.2. The average molecular weight is 546 g/mol. The van der Waals surface area contributed by atoms with E-state index in [4.69, 9.17) is 16.6 Å². The summed E-state index contributed by atoms with van der Waals surface area (Å²) in [6.45, 7) is 7.68. The maximum Gasteiger partial charge on any atom is 0.257 e. The van der Waals surface area contributed by atoms with Gasteiger partial charge < -0.3 is 4.90 Å². The summed E-state index contributed by atoms with van der Waals surface area (Å²) >= 11 is 7.58. The minimum absolute atomic E-state index is 0.0541. The predicted molar refractivity (Wildman–Crippen MR) is 152 cm³/mol. The number of aryl methyl sites for hydroxylation is 1. The molecule has 1 aromatic heterocycles. The molecule has 2 heterocycles. The number of nitrogens with zero attached hydrogens (tertiary/aromatic N) is 3. The highest BCUT2D eigenvalue weighted by molar-refractivity contribution is 7.21. The van der Waals surface area contributed by atoms with E-state index in [2.05, 4.69) is 13.0 Å². The molecule has 3 amide bonds. The van der Waals surface area contributed by atoms with Crippen LogP contribution < -0.4 is 4.90 Å². The Morgan fingerprint density at radius 3 is 2.39 bits per heavy atom. The highest BCUT2D eigenvalue weighted by Gasteiger charge is 2.47. The molecule has 6 nitrogen and oxygen atoms in total. The summed E-state index contributed by atoms with van der Waals surface area (Å²) in [7, 11) is 0. The maximum absolute atomic E-state index is 13.6. The van der Waals surface area contributed by atoms with Crippen LogP contribution in [0.1, 0.15) is 38.3 Å². The summed E-state index contributed by atoms with van der Waals surface area (Å²) in [6.07, 6.45) is 0.0598. The molecule has 0 saturated carbocycles. The number of aromatic nitrogens is 1. The lowest BCUT2D eigenvalue weighted by atomic mass is 9.99. The van der Waals surface area contributed by atoms with Crippen LogP contribution in [0.4, 0.5) is 5.69 Å². The van der Waals surface area contributed by atoms with Gasteiger partial charge in [0.05, 0.1) is 28.7 Å². The van der Waals surface area contributed by atoms with Crippen LogP contribution in [-0.2, 0) is 20.8 Å². The molecule has 0 bridgehead atoms. The average Bonchev–Trinajstić information content (AvgIpc) is 3.40. The van der Waals surface area contributed by atoms with Gasteiger partial charge in [0.15, 0.2) is 0 Å². The van der Waals surface area contributed by atoms with Gasteiger partial charge in [-0.25, -0.2) is 9.88 Å². The van der Waals surface area contributed by atoms with Crippen LogP contribution in [0.25, 0.3) is 20.8 Å². The first-order valence-corrected chi connectivity index (χ1v) is 13.6. The fourth-order valence-electron chi connectivity index (χ4n) is 4.87. The van der Waals surface area contributed by atoms with E-state index in [1.54, 1.807) is 52.6 Å². The van der Waals surface area contributed by atoms with Crippen molar-refractivity contribution in [2.75, 3.05) is 4.90 Å². The third kappa shape index (κ3) is 5.08. The third-order valence-corrected chi connectivity index (χ3v) is 7.93. The van der Waals surface area contributed by atoms with E-state index in [1.165, 1.54) is 10.5 Å². The standard InChI is InChI=1S/C30H28ClN3O3S/c1-18-5-14-23-25(15-18)38-28(32-23)20-8-12-22(13-9-20)33-26(35)17-24(29(33)37)34(30(2,3)4)27(36)16-19-6-10-21(31)11-7-19/h5-15,24H,16-17H2,1-4H3. The number of imide groups is 1. The summed E-state index contributed by atoms with van der Waals surface area (Å²) in [6, 6.07) is 19.6. The molecule has 1 aliphatic heterocycles. The van der Waals surface area contributed by atoms with Crippen LogP contribution in [0.3, 0.4) is 0 Å². The van der Waals surface area contributed by atoms with Gasteiger partial charge in [-0.1, -0.05) is 29.8 Å². The van der Waals surface area contributed by atoms with Crippen LogP contribution in [0, 0.1) is 6.92 Å². The van der Waals surface area contributed by atoms with Gasteiger partial charge in [-0.05, 0) is 87.4 Å². The van der Waals surface area contributed by atoms with Crippen LogP contribution in [0.15, 0.2) is 66.7 Å². The highest BCUT2D eigenvalue weighted by atomic mass is 35.5. The Morgan fingerprint density at radius 2 is 1.74 bits per heavy atom. The van der Waals surface area contributed by atoms with Gasteiger partial charge in [-0.2, -0.15) is 0 Å². The molecule has 0 spiro atoms. The molecule has 1 aliphatic rings. The van der Waals surface area contributed by atoms with Gasteiger partial charge in [-0.3, -0.25) is 14.4 Å². The van der Waals surface area contributed by atoms with Gasteiger partial charge >= 0.3 is 0 Å². The van der Waals surface area contributed by atoms with E-state index in [1.807, 2.05) is 45.0 Å². The van der Waals surface area contributed by atoms with E-state index < -0.39 is 17.5 Å². The molecule has 3 aromatic carbocycles. The Labute approximate surface area is 230 Å². The number of anilines is 1. The number of carbonyl (C=O) groups excluding carboxylic acids is 3. The molecule has 0 radical (unpaired) electrons. The Balaban J connectivity index is 1.38. The largest absolute Gasteiger partial charge is 0.325 e. The Kier molecular flexibility index (Phi) is 6.84. The summed E-state index contributed by atoms with van der Waals surface area (Å²) < 4.78 is 1.11. The minimum Gasteiger partial charge on any atom is -0.325 e. The maximum atomic E-state index is 13.6. The number of carbonyl (C=O) groups is 3. The predicted octanol–water partition coefficient (Wildman–Crippen LogP) is 6.43. The van der Waals surface area contributed by atoms with Crippen molar-refractivity contribution >= 4 is 56.6 Å². The molecular formula is C30H28ClN3O3S. The summed E-state index contributed by atoms with van der Waals surface area (Å²) in [4.78, 5) is 47.6. The number of rotatable bonds is 5. The monoisotopic (exact) mass is 545 g/mol. The molecular weight excluding hydrogens is 518 g/mol. The smallest absolute Gasteiger partial charge is 0.257 e. The molecule has 4 aromatic rings. The number of thiazole rings is 1. The molecule has 5 rings (SSSR count). The van der Waals surface area contributed by atoms with E-state index >= 15 is 0 Å². The number of hydrogen-bond donors (Lipinski definition) is 0. The van der Waals surface area contributed by atoms with E-state index in [-0.39, 0.29) is 24.7 Å². The van der Waals surface area contributed by atoms with Gasteiger partial charge in [0, 0.05) is 16.1 Å². The zero-order valence-electron chi connectivity index (χ0n) is 21.7. The summed E-state index contributed by atoms with van der Waals surface area (Å²) in [5.74, 6) is -0.927. The Bertz CT molecular complexity index is 1540. The van der Waals surface area contributed by atoms with Crippen molar-refractivity contribution in [3.05, 3.63) is 82.9 Å². The number of halogens is 1. The number of hydrogen-bond acceptors (Lipinski definition) is 5. The van der Waals surface area contributed by atoms with Crippen molar-refractivity contribution in [3.63, 3.8) is 0 Å². The first kappa shape index (κ1) is 26.1. The fraction of sp³-hybridized carbons (Fsp3) is 0.267. The molecule has 1 fully saturated rings. The number of fused-ring (bicyclic) bond motifs is 1. The van der Waals surface area contributed by atoms with Crippen molar-refractivity contribution in [3.8, 4) is 10.6 Å². The molecule has 8 heteroatoms. The molecule has 38 heavy (non-hydrogen) atoms. The molecule has 0 N–H and O–H groups in total. The third-order valence-electron chi connectivity index (χ3n) is 6.61. The van der Waals surface area contributed by atoms with Crippen LogP contribution in [0.2, 0.25) is 5.02 Å². The number of benzene rings is 3. The molecule has 1 atom stereocenters. The summed E-state index contributed by atoms with van der Waals surface area (Å²) in [5.41, 5.74) is 3.66. The second-order valence-corrected chi connectivity index (χ2v) is 12.0. The van der Waals surface area contributed by atoms with Crippen LogP contribution >= 0.6 is 22.9 Å². The lowest BCUT2D eigenvalue weighted by Crippen LogP contribution is -2.55. The van der Waals surface area contributed by atoms with Crippen LogP contribution in [0.5, 0.6) is 0 Å². The van der Waals surface area contributed by atoms with Crippen molar-refractivity contribution in [2.24, 2.45) is 0 Å². The first-order valence-electron chi connectivity index (χ1n) is 12.4. The Morgan fingerprint density at radius 1 is 1.05 bits per heavy atom. The molecule has 194 valence electrons. The van der Waals surface area contributed by atoms with Crippen molar-refractivity contribution in [1.82, 2.24) is 9.88 Å². The minimum atomic E-state index is -0.866. The highest BCUT2D eigenvalue weighted by Crippen LogP contribution is 2.34. The van der Waals surface area contributed by atoms with Gasteiger partial charge in [0.25, 0.3) is 5.91 Å². The van der Waals surface area contributed by atoms with Gasteiger partial charge in [0.2, 0.25) is 11.8 Å². The van der Waals surface area contributed by atoms with E-state index in [0.29, 0.717) is 10.7 Å². The first-order chi connectivity index (χ1) is 18.0. The van der Waals surface area contributed by atoms with Crippen molar-refractivity contribution in [1.29, 1.82) is 0 Å². The second-order valence-electron chi connectivity index (χ2n) is 10.6. The topological polar surface area (TPSA) is 70.6 Å². The quantitative estimate of drug-likeness (QED) is 0.271. The van der Waals surface area contributed by atoms with E-state index in [0.717, 1.165) is 26.4 Å². The lowest BCUT2D eigenvalue weighted by molar-refractivity contribution is -0.143. The zero-order valence-corrected chi connectivity index (χ0v) is 23.3. The molecule has 0 aliphatic carbocycles. The summed E-state index contributed by atoms with van der Waals surface area (Å²) in [5, 5.41) is 1.46. The van der Waals surface area contributed by atoms with Gasteiger partial charge in [-0.15, -0.1) is 11.3 Å². The fourth-order valence-corrected chi connectivity index (χ4v) is 6.07. The Hall–Kier alpha value is -3.55. The van der Waals surface area contributed by atoms with Crippen molar-refractivity contribution < 1.29 is 14.4 Å². The van der Waals surface area contributed by atoms with Crippen LogP contribution in [-0.4, -0.2) is 39.2 Å². The van der Waals surface area contributed by atoms with Gasteiger partial charge in [0.1, 0.15) is 11.0 Å². The van der Waals surface area contributed by atoms with E-state index in [9.17, 15) is 14.4 Å².